The maximum absolute atomic E-state index is 12.2. The van der Waals surface area contributed by atoms with E-state index in [0.29, 0.717) is 45.5 Å². The van der Waals surface area contributed by atoms with Crippen LogP contribution in [0.2, 0.25) is 6.04 Å². The molecule has 0 heterocycles. The van der Waals surface area contributed by atoms with E-state index in [1.54, 1.807) is 12.2 Å². The Kier molecular flexibility index (Phi) is 17.1. The first kappa shape index (κ1) is 30.5. The van der Waals surface area contributed by atoms with Gasteiger partial charge in [-0.15, -0.1) is 0 Å². The van der Waals surface area contributed by atoms with E-state index in [0.717, 1.165) is 6.42 Å². The number of carbonyl (C=O) groups excluding carboxylic acids is 2. The van der Waals surface area contributed by atoms with E-state index in [1.807, 2.05) is 34.6 Å². The lowest BCUT2D eigenvalue weighted by molar-refractivity contribution is -0.148. The van der Waals surface area contributed by atoms with Crippen molar-refractivity contribution in [1.82, 2.24) is 4.90 Å². The molecule has 0 amide bonds. The van der Waals surface area contributed by atoms with Gasteiger partial charge < -0.3 is 27.7 Å². The number of esters is 2. The van der Waals surface area contributed by atoms with Crippen LogP contribution in [0.25, 0.3) is 0 Å². The molecule has 0 rings (SSSR count). The van der Waals surface area contributed by atoms with Crippen LogP contribution in [0.5, 0.6) is 0 Å². The van der Waals surface area contributed by atoms with Gasteiger partial charge in [-0.3, -0.25) is 9.59 Å². The second-order valence-electron chi connectivity index (χ2n) is 7.48. The minimum atomic E-state index is -2.75. The Bertz CT molecular complexity index is 509. The van der Waals surface area contributed by atoms with Crippen molar-refractivity contribution in [1.29, 1.82) is 0 Å². The Balaban J connectivity index is 5.18. The van der Waals surface area contributed by atoms with Crippen molar-refractivity contribution in [3.8, 4) is 0 Å². The van der Waals surface area contributed by atoms with Crippen LogP contribution in [-0.2, 0) is 32.3 Å². The Morgan fingerprint density at radius 3 is 1.59 bits per heavy atom. The first-order valence-corrected chi connectivity index (χ1v) is 13.4. The van der Waals surface area contributed by atoms with Crippen LogP contribution < -0.4 is 0 Å². The molecule has 32 heavy (non-hydrogen) atoms. The molecule has 0 radical (unpaired) electrons. The summed E-state index contributed by atoms with van der Waals surface area (Å²) in [5.74, 6) is -1.28. The average Bonchev–Trinajstić information content (AvgIpc) is 2.76. The molecular formula is C23H43NO7Si. The molecule has 0 aromatic heterocycles. The molecule has 0 fully saturated rings. The molecule has 186 valence electrons. The van der Waals surface area contributed by atoms with Crippen LogP contribution in [0, 0.1) is 11.8 Å². The molecule has 0 aliphatic rings. The molecule has 0 aromatic carbocycles. The standard InChI is InChI=1S/C23H43NO7Si/c1-8-15-27-22(25)20(6)18-24(19-21(7)23(26)28-16-9-2)14-13-17-32(29-10-3,30-11-4)31-12-5/h8-9,20-21H,1-2,10-19H2,3-7H3. The highest BCUT2D eigenvalue weighted by molar-refractivity contribution is 6.60. The highest BCUT2D eigenvalue weighted by atomic mass is 28.4. The van der Waals surface area contributed by atoms with Crippen molar-refractivity contribution < 1.29 is 32.3 Å². The van der Waals surface area contributed by atoms with E-state index in [2.05, 4.69) is 18.1 Å². The SMILES string of the molecule is C=CCOC(=O)C(C)CN(CCC[Si](OCC)(OCC)OCC)CC(C)C(=O)OCC=C. The summed E-state index contributed by atoms with van der Waals surface area (Å²) in [7, 11) is -2.75. The zero-order valence-corrected chi connectivity index (χ0v) is 21.6. The minimum absolute atomic E-state index is 0.179. The van der Waals surface area contributed by atoms with Crippen LogP contribution in [0.1, 0.15) is 41.0 Å². The molecule has 0 spiro atoms. The van der Waals surface area contributed by atoms with Gasteiger partial charge in [0.25, 0.3) is 0 Å². The van der Waals surface area contributed by atoms with Gasteiger partial charge in [0.1, 0.15) is 13.2 Å². The van der Waals surface area contributed by atoms with E-state index in [9.17, 15) is 9.59 Å². The van der Waals surface area contributed by atoms with Crippen molar-refractivity contribution >= 4 is 20.7 Å². The van der Waals surface area contributed by atoms with Crippen LogP contribution in [-0.4, -0.2) is 78.3 Å². The molecule has 0 aliphatic carbocycles. The van der Waals surface area contributed by atoms with Crippen molar-refractivity contribution in [3.05, 3.63) is 25.3 Å². The number of hydrogen-bond acceptors (Lipinski definition) is 8. The van der Waals surface area contributed by atoms with E-state index < -0.39 is 8.80 Å². The third-order valence-corrected chi connectivity index (χ3v) is 7.76. The Morgan fingerprint density at radius 1 is 0.844 bits per heavy atom. The van der Waals surface area contributed by atoms with Crippen molar-refractivity contribution in [2.75, 3.05) is 52.7 Å². The van der Waals surface area contributed by atoms with Gasteiger partial charge in [0, 0.05) is 39.0 Å². The monoisotopic (exact) mass is 473 g/mol. The van der Waals surface area contributed by atoms with Gasteiger partial charge in [0.15, 0.2) is 0 Å². The maximum Gasteiger partial charge on any atom is 0.500 e. The van der Waals surface area contributed by atoms with Crippen molar-refractivity contribution in [3.63, 3.8) is 0 Å². The third kappa shape index (κ3) is 12.5. The number of nitrogens with zero attached hydrogens (tertiary/aromatic N) is 1. The van der Waals surface area contributed by atoms with Gasteiger partial charge >= 0.3 is 20.7 Å². The van der Waals surface area contributed by atoms with Crippen molar-refractivity contribution in [2.45, 2.75) is 47.1 Å². The maximum atomic E-state index is 12.2. The summed E-state index contributed by atoms with van der Waals surface area (Å²) in [5, 5.41) is 0. The van der Waals surface area contributed by atoms with Gasteiger partial charge in [-0.1, -0.05) is 39.2 Å². The second kappa shape index (κ2) is 18.0. The summed E-state index contributed by atoms with van der Waals surface area (Å²) in [6, 6.07) is 0.656. The van der Waals surface area contributed by atoms with Gasteiger partial charge in [0.05, 0.1) is 11.8 Å². The third-order valence-electron chi connectivity index (χ3n) is 4.61. The van der Waals surface area contributed by atoms with Gasteiger partial charge in [-0.25, -0.2) is 0 Å². The molecular weight excluding hydrogens is 430 g/mol. The zero-order chi connectivity index (χ0) is 24.4. The quantitative estimate of drug-likeness (QED) is 0.151. The molecule has 8 nitrogen and oxygen atoms in total. The number of rotatable bonds is 20. The average molecular weight is 474 g/mol. The van der Waals surface area contributed by atoms with E-state index in [-0.39, 0.29) is 37.0 Å². The second-order valence-corrected chi connectivity index (χ2v) is 10.2. The largest absolute Gasteiger partial charge is 0.500 e. The van der Waals surface area contributed by atoms with E-state index in [1.165, 1.54) is 0 Å². The minimum Gasteiger partial charge on any atom is -0.461 e. The predicted octanol–water partition coefficient (Wildman–Crippen LogP) is 3.46. The zero-order valence-electron chi connectivity index (χ0n) is 20.6. The van der Waals surface area contributed by atoms with Crippen LogP contribution >= 0.6 is 0 Å². The van der Waals surface area contributed by atoms with Crippen LogP contribution in [0.15, 0.2) is 25.3 Å². The summed E-state index contributed by atoms with van der Waals surface area (Å²) < 4.78 is 28.1. The first-order valence-electron chi connectivity index (χ1n) is 11.5. The Morgan fingerprint density at radius 2 is 1.25 bits per heavy atom. The topological polar surface area (TPSA) is 83.5 Å². The number of carbonyl (C=O) groups is 2. The molecule has 0 saturated carbocycles. The molecule has 0 aromatic rings. The lowest BCUT2D eigenvalue weighted by Gasteiger charge is -2.31. The fourth-order valence-electron chi connectivity index (χ4n) is 3.27. The number of ether oxygens (including phenoxy) is 2. The van der Waals surface area contributed by atoms with E-state index >= 15 is 0 Å². The first-order chi connectivity index (χ1) is 15.3. The van der Waals surface area contributed by atoms with Crippen LogP contribution in [0.3, 0.4) is 0 Å². The summed E-state index contributed by atoms with van der Waals surface area (Å²) in [6.07, 6.45) is 3.83. The summed E-state index contributed by atoms with van der Waals surface area (Å²) in [5.41, 5.74) is 0. The molecule has 0 aliphatic heterocycles. The van der Waals surface area contributed by atoms with E-state index in [4.69, 9.17) is 22.8 Å². The molecule has 0 N–H and O–H groups in total. The smallest absolute Gasteiger partial charge is 0.461 e. The molecule has 0 bridgehead atoms. The molecule has 0 saturated heterocycles. The Hall–Kier alpha value is -1.52. The molecule has 2 unspecified atom stereocenters. The van der Waals surface area contributed by atoms with Gasteiger partial charge in [0.2, 0.25) is 0 Å². The lowest BCUT2D eigenvalue weighted by Crippen LogP contribution is -2.47. The fraction of sp³-hybridized carbons (Fsp3) is 0.739. The predicted molar refractivity (Wildman–Crippen MR) is 127 cm³/mol. The van der Waals surface area contributed by atoms with Gasteiger partial charge in [-0.2, -0.15) is 0 Å². The van der Waals surface area contributed by atoms with Gasteiger partial charge in [-0.05, 0) is 33.7 Å². The molecule has 9 heteroatoms. The number of hydrogen-bond donors (Lipinski definition) is 0. The highest BCUT2D eigenvalue weighted by Gasteiger charge is 2.40. The highest BCUT2D eigenvalue weighted by Crippen LogP contribution is 2.19. The normalized spacial score (nSPS) is 13.4. The van der Waals surface area contributed by atoms with Crippen LogP contribution in [0.4, 0.5) is 0 Å². The Labute approximate surface area is 195 Å². The summed E-state index contributed by atoms with van der Waals surface area (Å²) in [6.45, 7) is 20.1. The summed E-state index contributed by atoms with van der Waals surface area (Å²) in [4.78, 5) is 26.6. The fourth-order valence-corrected chi connectivity index (χ4v) is 5.86. The summed E-state index contributed by atoms with van der Waals surface area (Å²) >= 11 is 0. The molecule has 2 atom stereocenters. The van der Waals surface area contributed by atoms with Crippen molar-refractivity contribution in [2.24, 2.45) is 11.8 Å². The lowest BCUT2D eigenvalue weighted by atomic mass is 10.1.